The van der Waals surface area contributed by atoms with Gasteiger partial charge in [0, 0.05) is 0 Å². The summed E-state index contributed by atoms with van der Waals surface area (Å²) in [6, 6.07) is 0. The Hall–Kier alpha value is -0.172. The number of hydrogen-bond acceptors (Lipinski definition) is 1. The molecule has 2 aliphatic rings. The van der Waals surface area contributed by atoms with Crippen LogP contribution >= 0.6 is 0 Å². The van der Waals surface area contributed by atoms with Crippen molar-refractivity contribution in [3.8, 4) is 0 Å². The van der Waals surface area contributed by atoms with Crippen LogP contribution in [0.3, 0.4) is 0 Å². The van der Waals surface area contributed by atoms with Gasteiger partial charge in [0.25, 0.3) is 0 Å². The Bertz CT molecular complexity index is 216. The number of nitrogens with zero attached hydrogens (tertiary/aromatic N) is 1. The van der Waals surface area contributed by atoms with Crippen LogP contribution in [0.2, 0.25) is 9.41 Å². The fraction of sp³-hybridized carbons (Fsp3) is 0.900. The second-order valence-corrected chi connectivity index (χ2v) is 8.49. The van der Waals surface area contributed by atoms with Gasteiger partial charge in [0.05, 0.1) is 0 Å². The first-order valence-electron chi connectivity index (χ1n) is 5.49. The molecular formula is C10H18AsNO2. The summed E-state index contributed by atoms with van der Waals surface area (Å²) in [5.41, 5.74) is 0. The molecule has 3 nitrogen and oxygen atoms in total. The first kappa shape index (κ1) is 10.3. The van der Waals surface area contributed by atoms with Crippen molar-refractivity contribution in [2.45, 2.75) is 41.5 Å². The summed E-state index contributed by atoms with van der Waals surface area (Å²) >= 11 is 0.123. The van der Waals surface area contributed by atoms with Crippen LogP contribution in [0.5, 0.6) is 0 Å². The van der Waals surface area contributed by atoms with E-state index in [1.54, 1.807) is 4.90 Å². The molecule has 1 aliphatic heterocycles. The van der Waals surface area contributed by atoms with Gasteiger partial charge in [-0.25, -0.2) is 0 Å². The third-order valence-electron chi connectivity index (χ3n) is 3.29. The maximum absolute atomic E-state index is 10.7. The molecule has 2 atom stereocenters. The molecule has 0 aromatic rings. The molecule has 0 spiro atoms. The fourth-order valence-electron chi connectivity index (χ4n) is 2.50. The van der Waals surface area contributed by atoms with Gasteiger partial charge in [-0.05, 0) is 0 Å². The third kappa shape index (κ3) is 2.44. The molecule has 1 saturated carbocycles. The Morgan fingerprint density at radius 2 is 1.93 bits per heavy atom. The van der Waals surface area contributed by atoms with Crippen LogP contribution in [-0.4, -0.2) is 44.9 Å². The Morgan fingerprint density at radius 1 is 1.21 bits per heavy atom. The number of carboxylic acid groups (broad SMARTS) is 1. The van der Waals surface area contributed by atoms with E-state index in [1.807, 2.05) is 0 Å². The summed E-state index contributed by atoms with van der Waals surface area (Å²) in [6.45, 7) is 1.63. The molecule has 1 saturated heterocycles. The van der Waals surface area contributed by atoms with Gasteiger partial charge >= 0.3 is 91.3 Å². The number of hydrogen-bond donors (Lipinski definition) is 1. The van der Waals surface area contributed by atoms with E-state index in [-0.39, 0.29) is 15.8 Å². The second kappa shape index (κ2) is 4.57. The molecule has 0 aromatic carbocycles. The van der Waals surface area contributed by atoms with E-state index >= 15 is 0 Å². The quantitative estimate of drug-likeness (QED) is 0.770. The van der Waals surface area contributed by atoms with Crippen molar-refractivity contribution in [3.05, 3.63) is 0 Å². The molecule has 0 bridgehead atoms. The van der Waals surface area contributed by atoms with E-state index in [4.69, 9.17) is 5.11 Å². The van der Waals surface area contributed by atoms with Crippen LogP contribution in [-0.2, 0) is 0 Å². The van der Waals surface area contributed by atoms with Gasteiger partial charge in [0.15, 0.2) is 0 Å². The Kier molecular flexibility index (Phi) is 3.37. The molecule has 2 rings (SSSR count). The van der Waals surface area contributed by atoms with E-state index in [1.165, 1.54) is 25.7 Å². The van der Waals surface area contributed by atoms with E-state index in [0.717, 1.165) is 28.9 Å². The Balaban J connectivity index is 1.75. The first-order valence-corrected chi connectivity index (χ1v) is 7.92. The molecular weight excluding hydrogens is 241 g/mol. The Morgan fingerprint density at radius 3 is 2.50 bits per heavy atom. The molecule has 4 heteroatoms. The van der Waals surface area contributed by atoms with Crippen LogP contribution in [0.15, 0.2) is 0 Å². The molecule has 0 radical (unpaired) electrons. The van der Waals surface area contributed by atoms with Crippen molar-refractivity contribution in [3.63, 3.8) is 0 Å². The average molecular weight is 259 g/mol. The maximum atomic E-state index is 10.7. The van der Waals surface area contributed by atoms with Crippen molar-refractivity contribution in [1.29, 1.82) is 0 Å². The summed E-state index contributed by atoms with van der Waals surface area (Å²) in [4.78, 5) is 12.3. The molecule has 2 fully saturated rings. The monoisotopic (exact) mass is 259 g/mol. The molecule has 0 aromatic heterocycles. The van der Waals surface area contributed by atoms with Crippen LogP contribution < -0.4 is 0 Å². The van der Waals surface area contributed by atoms with Crippen LogP contribution in [0.1, 0.15) is 32.1 Å². The summed E-state index contributed by atoms with van der Waals surface area (Å²) in [5, 5.41) is 8.83. The molecule has 1 heterocycles. The Labute approximate surface area is 91.5 Å². The topological polar surface area (TPSA) is 40.5 Å². The van der Waals surface area contributed by atoms with Crippen molar-refractivity contribution in [1.82, 2.24) is 4.90 Å². The van der Waals surface area contributed by atoms with Gasteiger partial charge in [0.2, 0.25) is 0 Å². The predicted molar refractivity (Wildman–Crippen MR) is 57.3 cm³/mol. The van der Waals surface area contributed by atoms with Crippen LogP contribution in [0.4, 0.5) is 4.79 Å². The van der Waals surface area contributed by atoms with Gasteiger partial charge in [-0.15, -0.1) is 0 Å². The van der Waals surface area contributed by atoms with Crippen LogP contribution in [0, 0.1) is 0 Å². The summed E-state index contributed by atoms with van der Waals surface area (Å²) in [7, 11) is 0. The van der Waals surface area contributed by atoms with Gasteiger partial charge in [-0.1, -0.05) is 0 Å². The number of likely N-dealkylation sites (tertiary alicyclic amines) is 1. The number of carbonyl (C=O) groups is 1. The molecule has 1 aliphatic carbocycles. The van der Waals surface area contributed by atoms with Crippen LogP contribution in [0.25, 0.3) is 0 Å². The van der Waals surface area contributed by atoms with Crippen molar-refractivity contribution < 1.29 is 9.90 Å². The zero-order valence-electron chi connectivity index (χ0n) is 8.41. The SMILES string of the molecule is O=C(O)N1CC[C@H]([AsH]C2CCCC2)C1. The zero-order valence-corrected chi connectivity index (χ0v) is 10.5. The average Bonchev–Trinajstić information content (AvgIpc) is 2.75. The zero-order chi connectivity index (χ0) is 9.97. The number of rotatable bonds is 2. The number of amides is 1. The molecule has 1 unspecified atom stereocenters. The summed E-state index contributed by atoms with van der Waals surface area (Å²) in [6.07, 6.45) is 6.13. The van der Waals surface area contributed by atoms with E-state index in [2.05, 4.69) is 0 Å². The first-order chi connectivity index (χ1) is 6.75. The second-order valence-electron chi connectivity index (χ2n) is 4.36. The van der Waals surface area contributed by atoms with E-state index < -0.39 is 6.09 Å². The normalized spacial score (nSPS) is 29.4. The fourth-order valence-corrected chi connectivity index (χ4v) is 6.75. The van der Waals surface area contributed by atoms with Crippen molar-refractivity contribution >= 4 is 21.8 Å². The van der Waals surface area contributed by atoms with Gasteiger partial charge in [-0.2, -0.15) is 0 Å². The van der Waals surface area contributed by atoms with Crippen molar-refractivity contribution in [2.24, 2.45) is 0 Å². The minimum absolute atomic E-state index is 0.123. The molecule has 14 heavy (non-hydrogen) atoms. The van der Waals surface area contributed by atoms with Crippen molar-refractivity contribution in [2.75, 3.05) is 13.1 Å². The van der Waals surface area contributed by atoms with E-state index in [0.29, 0.717) is 0 Å². The van der Waals surface area contributed by atoms with Gasteiger partial charge < -0.3 is 0 Å². The summed E-state index contributed by atoms with van der Waals surface area (Å²) in [5.74, 6) is 0. The van der Waals surface area contributed by atoms with Gasteiger partial charge in [0.1, 0.15) is 0 Å². The molecule has 1 amide bonds. The molecule has 1 N–H and O–H groups in total. The van der Waals surface area contributed by atoms with E-state index in [9.17, 15) is 4.79 Å². The van der Waals surface area contributed by atoms with Gasteiger partial charge in [-0.3, -0.25) is 0 Å². The standard InChI is InChI=1S/C10H18AsNO2/c13-10(14)12-6-5-9(7-12)11-8-3-1-2-4-8/h8-9,11H,1-7H2,(H,13,14)/t9-/m0/s1. The minimum atomic E-state index is -0.717. The summed E-state index contributed by atoms with van der Waals surface area (Å²) < 4.78 is 1.79. The third-order valence-corrected chi connectivity index (χ3v) is 7.46. The molecule has 80 valence electrons. The predicted octanol–water partition coefficient (Wildman–Crippen LogP) is 1.96.